The van der Waals surface area contributed by atoms with E-state index in [-0.39, 0.29) is 56.6 Å². The minimum atomic E-state index is 0. The quantitative estimate of drug-likeness (QED) is 0.376. The molecule has 25 heavy (non-hydrogen) atoms. The average molecular weight is 709 g/mol. The van der Waals surface area contributed by atoms with Crippen LogP contribution in [0.1, 0.15) is 55.6 Å². The van der Waals surface area contributed by atoms with Gasteiger partial charge in [-0.05, 0) is 0 Å². The Balaban J connectivity index is -0.0000000889. The van der Waals surface area contributed by atoms with Crippen LogP contribution in [-0.2, 0) is 40.2 Å². The van der Waals surface area contributed by atoms with Crippen LogP contribution >= 0.6 is 0 Å². The summed E-state index contributed by atoms with van der Waals surface area (Å²) in [5.41, 5.74) is 14.7. The normalized spacial score (nSPS) is 8.40. The summed E-state index contributed by atoms with van der Waals surface area (Å²) < 4.78 is 0. The van der Waals surface area contributed by atoms with E-state index in [1.54, 1.807) is 0 Å². The molecular formula is C20H36Ir2O3-2. The van der Waals surface area contributed by atoms with Crippen molar-refractivity contribution >= 4 is 0 Å². The third-order valence-corrected chi connectivity index (χ3v) is 5.62. The Morgan fingerprint density at radius 2 is 0.520 bits per heavy atom. The van der Waals surface area contributed by atoms with Gasteiger partial charge in [0.25, 0.3) is 0 Å². The molecule has 3 nitrogen and oxygen atoms in total. The van der Waals surface area contributed by atoms with Crippen LogP contribution < -0.4 is 0 Å². The van der Waals surface area contributed by atoms with Gasteiger partial charge in [0, 0.05) is 40.2 Å². The molecule has 0 heterocycles. The number of hydrogen-bond donors (Lipinski definition) is 0. The maximum absolute atomic E-state index is 2.20. The van der Waals surface area contributed by atoms with Crippen molar-refractivity contribution in [2.75, 3.05) is 0 Å². The molecule has 0 bridgehead atoms. The first kappa shape index (κ1) is 35.9. The van der Waals surface area contributed by atoms with Crippen LogP contribution in [-0.4, -0.2) is 16.4 Å². The Hall–Kier alpha value is -0.121. The SMILES string of the molecule is Cc1c(C)c(C)[c-](C)c1C.Cc1c(C)c(C)[c-](C)c1C.O.O.O.[Ir].[Ir]. The fourth-order valence-electron chi connectivity index (χ4n) is 2.81. The van der Waals surface area contributed by atoms with Gasteiger partial charge >= 0.3 is 0 Å². The predicted octanol–water partition coefficient (Wildman–Crippen LogP) is 3.42. The Labute approximate surface area is 181 Å². The van der Waals surface area contributed by atoms with Gasteiger partial charge in [-0.15, -0.1) is 0 Å². The summed E-state index contributed by atoms with van der Waals surface area (Å²) in [7, 11) is 0. The van der Waals surface area contributed by atoms with E-state index in [0.29, 0.717) is 0 Å². The molecule has 0 aliphatic carbocycles. The van der Waals surface area contributed by atoms with Crippen molar-refractivity contribution in [1.29, 1.82) is 0 Å². The fourth-order valence-corrected chi connectivity index (χ4v) is 2.81. The van der Waals surface area contributed by atoms with Gasteiger partial charge < -0.3 is 16.4 Å². The van der Waals surface area contributed by atoms with Gasteiger partial charge in [-0.3, -0.25) is 0 Å². The second kappa shape index (κ2) is 14.0. The van der Waals surface area contributed by atoms with Crippen LogP contribution in [0.2, 0.25) is 0 Å². The molecule has 0 amide bonds. The molecular weight excluding hydrogens is 673 g/mol. The summed E-state index contributed by atoms with van der Waals surface area (Å²) in [5, 5.41) is 0. The first-order valence-corrected chi connectivity index (χ1v) is 7.50. The van der Waals surface area contributed by atoms with Crippen LogP contribution in [0.4, 0.5) is 0 Å². The van der Waals surface area contributed by atoms with Gasteiger partial charge in [-0.1, -0.05) is 69.2 Å². The van der Waals surface area contributed by atoms with Crippen molar-refractivity contribution in [3.8, 4) is 0 Å². The Morgan fingerprint density at radius 3 is 0.560 bits per heavy atom. The van der Waals surface area contributed by atoms with E-state index >= 15 is 0 Å². The van der Waals surface area contributed by atoms with Crippen LogP contribution in [0.15, 0.2) is 0 Å². The van der Waals surface area contributed by atoms with E-state index in [1.807, 2.05) is 0 Å². The minimum Gasteiger partial charge on any atom is -0.412 e. The molecule has 0 aromatic heterocycles. The summed E-state index contributed by atoms with van der Waals surface area (Å²) in [5.74, 6) is 0. The van der Waals surface area contributed by atoms with Crippen molar-refractivity contribution in [3.05, 3.63) is 55.6 Å². The zero-order valence-electron chi connectivity index (χ0n) is 17.2. The summed E-state index contributed by atoms with van der Waals surface area (Å²) in [6.07, 6.45) is 0. The van der Waals surface area contributed by atoms with E-state index in [4.69, 9.17) is 0 Å². The monoisotopic (exact) mass is 710 g/mol. The van der Waals surface area contributed by atoms with Crippen molar-refractivity contribution in [2.45, 2.75) is 69.2 Å². The van der Waals surface area contributed by atoms with E-state index in [0.717, 1.165) is 0 Å². The molecule has 5 heteroatoms. The molecule has 0 atom stereocenters. The van der Waals surface area contributed by atoms with Gasteiger partial charge in [0.1, 0.15) is 0 Å². The van der Waals surface area contributed by atoms with Crippen LogP contribution in [0.3, 0.4) is 0 Å². The molecule has 0 saturated heterocycles. The molecule has 0 fully saturated rings. The van der Waals surface area contributed by atoms with Crippen LogP contribution in [0, 0.1) is 69.2 Å². The Bertz CT molecular complexity index is 422. The molecule has 2 rings (SSSR count). The number of hydrogen-bond acceptors (Lipinski definition) is 0. The minimum absolute atomic E-state index is 0. The molecule has 154 valence electrons. The van der Waals surface area contributed by atoms with E-state index in [2.05, 4.69) is 69.2 Å². The zero-order valence-corrected chi connectivity index (χ0v) is 22.0. The maximum atomic E-state index is 2.20. The van der Waals surface area contributed by atoms with Gasteiger partial charge in [-0.2, -0.15) is 55.6 Å². The molecule has 6 N–H and O–H groups in total. The summed E-state index contributed by atoms with van der Waals surface area (Å²) in [4.78, 5) is 0. The van der Waals surface area contributed by atoms with Gasteiger partial charge in [0.05, 0.1) is 0 Å². The third-order valence-electron chi connectivity index (χ3n) is 5.62. The van der Waals surface area contributed by atoms with E-state index < -0.39 is 0 Å². The maximum Gasteiger partial charge on any atom is 0 e. The fraction of sp³-hybridized carbons (Fsp3) is 0.500. The standard InChI is InChI=1S/2C10H15.2Ir.3H2O/c2*1-6-7(2)9(4)10(5)8(6)3;;;;;/h2*1-5H3;;;3*1H2/q2*-1;;;;;. The van der Waals surface area contributed by atoms with Crippen molar-refractivity contribution in [2.24, 2.45) is 0 Å². The van der Waals surface area contributed by atoms with E-state index in [9.17, 15) is 0 Å². The van der Waals surface area contributed by atoms with Crippen molar-refractivity contribution in [3.63, 3.8) is 0 Å². The number of rotatable bonds is 0. The van der Waals surface area contributed by atoms with E-state index in [1.165, 1.54) is 55.6 Å². The van der Waals surface area contributed by atoms with Crippen molar-refractivity contribution in [1.82, 2.24) is 0 Å². The van der Waals surface area contributed by atoms with Crippen LogP contribution in [0.5, 0.6) is 0 Å². The average Bonchev–Trinajstić information content (AvgIpc) is 2.71. The van der Waals surface area contributed by atoms with Crippen molar-refractivity contribution < 1.29 is 56.6 Å². The summed E-state index contributed by atoms with van der Waals surface area (Å²) >= 11 is 0. The molecule has 2 aromatic carbocycles. The first-order valence-electron chi connectivity index (χ1n) is 7.50. The second-order valence-electron chi connectivity index (χ2n) is 6.25. The Morgan fingerprint density at radius 1 is 0.400 bits per heavy atom. The molecule has 0 aliphatic rings. The third kappa shape index (κ3) is 7.19. The van der Waals surface area contributed by atoms with Crippen LogP contribution in [0.25, 0.3) is 0 Å². The molecule has 0 unspecified atom stereocenters. The molecule has 0 aliphatic heterocycles. The van der Waals surface area contributed by atoms with Gasteiger partial charge in [-0.25, -0.2) is 0 Å². The second-order valence-corrected chi connectivity index (χ2v) is 6.25. The largest absolute Gasteiger partial charge is 0.412 e. The first-order chi connectivity index (χ1) is 9.11. The summed E-state index contributed by atoms with van der Waals surface area (Å²) in [6, 6.07) is 0. The predicted molar refractivity (Wildman–Crippen MR) is 102 cm³/mol. The molecule has 2 radical (unpaired) electrons. The Kier molecular flexibility index (Phi) is 20.1. The zero-order chi connectivity index (χ0) is 15.8. The topological polar surface area (TPSA) is 94.5 Å². The van der Waals surface area contributed by atoms with Gasteiger partial charge in [0.15, 0.2) is 0 Å². The molecule has 0 spiro atoms. The molecule has 0 saturated carbocycles. The summed E-state index contributed by atoms with van der Waals surface area (Å²) in [6.45, 7) is 22.0. The molecule has 2 aromatic rings. The van der Waals surface area contributed by atoms with Gasteiger partial charge in [0.2, 0.25) is 0 Å². The smallest absolute Gasteiger partial charge is 0 e.